The Morgan fingerprint density at radius 1 is 0.723 bits per heavy atom. The van der Waals surface area contributed by atoms with Gasteiger partial charge in [0.15, 0.2) is 18.3 Å². The number of aliphatic hydroxyl groups excluding tert-OH is 5. The van der Waals surface area contributed by atoms with Gasteiger partial charge in [0, 0.05) is 22.9 Å². The third-order valence-electron chi connectivity index (χ3n) is 8.01. The molecule has 6 N–H and O–H groups in total. The van der Waals surface area contributed by atoms with Crippen LogP contribution < -0.4 is 15.1 Å². The Kier molecular flexibility index (Phi) is 8.86. The number of esters is 1. The van der Waals surface area contributed by atoms with Crippen molar-refractivity contribution in [2.45, 2.75) is 68.3 Å². The molecule has 1 aromatic heterocycles. The largest absolute Gasteiger partial charge is 0.479 e. The molecule has 6 rings (SSSR count). The van der Waals surface area contributed by atoms with Crippen LogP contribution in [0.15, 0.2) is 75.9 Å². The lowest BCUT2D eigenvalue weighted by molar-refractivity contribution is -0.293. The summed E-state index contributed by atoms with van der Waals surface area (Å²) in [6.07, 6.45) is -19.5. The molecule has 2 saturated heterocycles. The first-order valence-electron chi connectivity index (χ1n) is 14.4. The number of carboxylic acid groups (broad SMARTS) is 1. The Morgan fingerprint density at radius 3 is 2.19 bits per heavy atom. The van der Waals surface area contributed by atoms with E-state index >= 15 is 0 Å². The van der Waals surface area contributed by atoms with E-state index in [0.717, 1.165) is 5.39 Å². The zero-order valence-electron chi connectivity index (χ0n) is 24.5. The summed E-state index contributed by atoms with van der Waals surface area (Å²) in [6.45, 7) is 1.70. The van der Waals surface area contributed by atoms with E-state index in [1.165, 1.54) is 24.3 Å². The van der Waals surface area contributed by atoms with Gasteiger partial charge in [-0.1, -0.05) is 36.4 Å². The third kappa shape index (κ3) is 6.25. The van der Waals surface area contributed by atoms with Crippen molar-refractivity contribution in [1.82, 2.24) is 0 Å². The highest BCUT2D eigenvalue weighted by Gasteiger charge is 2.54. The van der Waals surface area contributed by atoms with Crippen LogP contribution in [0.25, 0.3) is 21.7 Å². The molecular weight excluding hydrogens is 624 g/mol. The molecule has 3 aromatic carbocycles. The van der Waals surface area contributed by atoms with Crippen LogP contribution in [0, 0.1) is 6.92 Å². The number of rotatable bonds is 7. The lowest BCUT2D eigenvalue weighted by Gasteiger charge is -2.42. The van der Waals surface area contributed by atoms with Crippen LogP contribution >= 0.6 is 0 Å². The van der Waals surface area contributed by atoms with Gasteiger partial charge in [-0.3, -0.25) is 0 Å². The molecule has 0 unspecified atom stereocenters. The van der Waals surface area contributed by atoms with E-state index in [1.807, 2.05) is 0 Å². The monoisotopic (exact) mass is 654 g/mol. The average Bonchev–Trinajstić information content (AvgIpc) is 3.04. The van der Waals surface area contributed by atoms with Crippen molar-refractivity contribution in [2.24, 2.45) is 0 Å². The minimum atomic E-state index is -2.07. The molecule has 0 spiro atoms. The number of ether oxygens (including phenoxy) is 5. The van der Waals surface area contributed by atoms with Gasteiger partial charge in [0.2, 0.25) is 12.6 Å². The molecule has 15 heteroatoms. The van der Waals surface area contributed by atoms with Gasteiger partial charge in [-0.05, 0) is 36.1 Å². The smallest absolute Gasteiger partial charge is 0.338 e. The van der Waals surface area contributed by atoms with Crippen molar-refractivity contribution in [3.05, 3.63) is 82.7 Å². The zero-order chi connectivity index (χ0) is 33.6. The molecule has 10 atom stereocenters. The topological polar surface area (TPSA) is 232 Å². The fourth-order valence-corrected chi connectivity index (χ4v) is 5.54. The second kappa shape index (κ2) is 12.9. The van der Waals surface area contributed by atoms with Crippen molar-refractivity contribution in [3.63, 3.8) is 0 Å². The van der Waals surface area contributed by atoms with Crippen LogP contribution in [0.2, 0.25) is 0 Å². The molecule has 0 bridgehead atoms. The van der Waals surface area contributed by atoms with Crippen LogP contribution in [0.1, 0.15) is 5.56 Å². The highest BCUT2D eigenvalue weighted by atomic mass is 16.7. The molecule has 0 radical (unpaired) electrons. The maximum Gasteiger partial charge on any atom is 0.338 e. The van der Waals surface area contributed by atoms with E-state index in [0.29, 0.717) is 16.3 Å². The van der Waals surface area contributed by atoms with Gasteiger partial charge in [0.1, 0.15) is 47.6 Å². The van der Waals surface area contributed by atoms with Crippen LogP contribution in [-0.4, -0.2) is 104 Å². The number of benzene rings is 3. The maximum atomic E-state index is 13.4. The maximum absolute atomic E-state index is 13.4. The highest BCUT2D eigenvalue weighted by Crippen LogP contribution is 2.33. The van der Waals surface area contributed by atoms with Crippen LogP contribution in [0.5, 0.6) is 11.5 Å². The second-order valence-electron chi connectivity index (χ2n) is 11.2. The number of hydrogen-bond donors (Lipinski definition) is 6. The van der Waals surface area contributed by atoms with Crippen LogP contribution in [-0.2, 0) is 23.8 Å². The Labute approximate surface area is 264 Å². The zero-order valence-corrected chi connectivity index (χ0v) is 24.5. The minimum absolute atomic E-state index is 0.00787. The van der Waals surface area contributed by atoms with E-state index in [4.69, 9.17) is 28.1 Å². The van der Waals surface area contributed by atoms with E-state index < -0.39 is 79.0 Å². The molecule has 0 saturated carbocycles. The summed E-state index contributed by atoms with van der Waals surface area (Å²) in [5.41, 5.74) is 0.171. The number of aryl methyl sites for hydroxylation is 1. The molecule has 2 aliphatic rings. The Bertz CT molecular complexity index is 1850. The van der Waals surface area contributed by atoms with E-state index in [1.54, 1.807) is 49.4 Å². The molecule has 4 aromatic rings. The molecule has 15 nitrogen and oxygen atoms in total. The first kappa shape index (κ1) is 32.3. The number of carbonyl (C=O) groups excluding carboxylic acids is 1. The van der Waals surface area contributed by atoms with Gasteiger partial charge in [0.25, 0.3) is 0 Å². The summed E-state index contributed by atoms with van der Waals surface area (Å²) in [6, 6.07) is 17.6. The molecular formula is C32H30O15. The number of hydrogen-bond acceptors (Lipinski definition) is 14. The van der Waals surface area contributed by atoms with Gasteiger partial charge in [-0.15, -0.1) is 0 Å². The van der Waals surface area contributed by atoms with Gasteiger partial charge in [-0.25, -0.2) is 14.4 Å². The van der Waals surface area contributed by atoms with Crippen molar-refractivity contribution < 1.29 is 68.3 Å². The summed E-state index contributed by atoms with van der Waals surface area (Å²) in [4.78, 5) is 37.1. The van der Waals surface area contributed by atoms with Crippen LogP contribution in [0.4, 0.5) is 0 Å². The molecule has 47 heavy (non-hydrogen) atoms. The lowest BCUT2D eigenvalue weighted by atomic mass is 9.97. The average molecular weight is 655 g/mol. The van der Waals surface area contributed by atoms with Gasteiger partial charge < -0.3 is 58.7 Å². The van der Waals surface area contributed by atoms with E-state index in [2.05, 4.69) is 0 Å². The summed E-state index contributed by atoms with van der Waals surface area (Å²) in [7, 11) is 0. The Balaban J connectivity index is 1.25. The predicted octanol–water partition coefficient (Wildman–Crippen LogP) is -0.0369. The summed E-state index contributed by atoms with van der Waals surface area (Å²) in [5.74, 6) is -2.85. The third-order valence-corrected chi connectivity index (χ3v) is 8.01. The van der Waals surface area contributed by atoms with Crippen LogP contribution in [0.3, 0.4) is 0 Å². The fraction of sp³-hybridized carbons (Fsp3) is 0.344. The van der Waals surface area contributed by atoms with Gasteiger partial charge in [-0.2, -0.15) is 0 Å². The number of aliphatic carboxylic acids is 1. The second-order valence-corrected chi connectivity index (χ2v) is 11.2. The quantitative estimate of drug-likeness (QED) is 0.113. The molecule has 0 amide bonds. The standard InChI is InChI=1S/C32H30O15/c1-13-11-20(33)43-19-12-15(9-10-16(13)19)42-31-25(38)21(34)22(35)27(47-31)30(41)45-28-24(37)23(36)26(29(39)40)46-32(28)44-18-8-4-6-14-5-2-3-7-17(14)18/h2-12,21-28,31-32,34-38H,1H3,(H,39,40)/t21-,22-,23-,24-,25+,26-,27-,28+,31+,32+/m0/s1. The Hall–Kier alpha value is -4.61. The van der Waals surface area contributed by atoms with Gasteiger partial charge >= 0.3 is 17.6 Å². The summed E-state index contributed by atoms with van der Waals surface area (Å²) >= 11 is 0. The first-order chi connectivity index (χ1) is 22.4. The molecule has 0 aliphatic carbocycles. The van der Waals surface area contributed by atoms with Crippen molar-refractivity contribution >= 4 is 33.7 Å². The summed E-state index contributed by atoms with van der Waals surface area (Å²) < 4.78 is 33.1. The normalized spacial score (nSPS) is 30.9. The number of carboxylic acids is 1. The molecule has 248 valence electrons. The lowest BCUT2D eigenvalue weighted by Crippen LogP contribution is -2.65. The molecule has 3 heterocycles. The predicted molar refractivity (Wildman–Crippen MR) is 157 cm³/mol. The van der Waals surface area contributed by atoms with E-state index in [-0.39, 0.29) is 17.1 Å². The van der Waals surface area contributed by atoms with Crippen molar-refractivity contribution in [2.75, 3.05) is 0 Å². The first-order valence-corrected chi connectivity index (χ1v) is 14.4. The summed E-state index contributed by atoms with van der Waals surface area (Å²) in [5, 5.41) is 64.7. The number of carbonyl (C=O) groups is 2. The van der Waals surface area contributed by atoms with Crippen molar-refractivity contribution in [1.29, 1.82) is 0 Å². The Morgan fingerprint density at radius 2 is 1.43 bits per heavy atom. The number of fused-ring (bicyclic) bond motifs is 2. The highest BCUT2D eigenvalue weighted by molar-refractivity contribution is 5.88. The van der Waals surface area contributed by atoms with Crippen molar-refractivity contribution in [3.8, 4) is 11.5 Å². The molecule has 2 fully saturated rings. The number of aliphatic hydroxyl groups is 5. The fourth-order valence-electron chi connectivity index (χ4n) is 5.54. The SMILES string of the molecule is Cc1cc(=O)oc2cc(O[C@@H]3O[C@H](C(=O)O[C@H]4[C@H](Oc5cccc6ccccc56)O[C@H](C(=O)O)[C@@H](O)[C@@H]4O)[C@@H](O)[C@H](O)[C@H]3O)ccc12. The van der Waals surface area contributed by atoms with E-state index in [9.17, 15) is 45.0 Å². The van der Waals surface area contributed by atoms with Gasteiger partial charge in [0.05, 0.1) is 0 Å². The molecule has 2 aliphatic heterocycles. The minimum Gasteiger partial charge on any atom is -0.479 e.